The molecular weight excluding hydrogens is 492 g/mol. The minimum Gasteiger partial charge on any atom is -0.481 e. The summed E-state index contributed by atoms with van der Waals surface area (Å²) in [6.45, 7) is 5.32. The number of nitrogens with one attached hydrogen (secondary N) is 1. The molecule has 3 aromatic carbocycles. The number of nitrogens with zero attached hydrogens (tertiary/aromatic N) is 1. The SMILES string of the molecule is CCC(C(=O)O)c1ccc(-c2ccc(-c3noc(C)c3NC(=O)O[C@H](C)c3ccccc3Cl)cc2)cc1. The van der Waals surface area contributed by atoms with Crippen LogP contribution in [0.5, 0.6) is 0 Å². The third-order valence-corrected chi connectivity index (χ3v) is 6.57. The number of hydrogen-bond donors (Lipinski definition) is 2. The highest BCUT2D eigenvalue weighted by Crippen LogP contribution is 2.33. The fourth-order valence-corrected chi connectivity index (χ4v) is 4.45. The van der Waals surface area contributed by atoms with E-state index in [1.165, 1.54) is 0 Å². The van der Waals surface area contributed by atoms with Crippen LogP contribution in [0.4, 0.5) is 10.5 Å². The van der Waals surface area contributed by atoms with Crippen molar-refractivity contribution in [2.45, 2.75) is 39.2 Å². The molecule has 4 rings (SSSR count). The fourth-order valence-electron chi connectivity index (χ4n) is 4.16. The molecule has 0 fully saturated rings. The van der Waals surface area contributed by atoms with E-state index in [0.717, 1.165) is 22.3 Å². The smallest absolute Gasteiger partial charge is 0.412 e. The average Bonchev–Trinajstić information content (AvgIpc) is 3.24. The first kappa shape index (κ1) is 26.0. The van der Waals surface area contributed by atoms with Gasteiger partial charge in [-0.3, -0.25) is 10.1 Å². The second-order valence-electron chi connectivity index (χ2n) is 8.65. The number of aliphatic carboxylic acids is 1. The molecule has 0 saturated carbocycles. The lowest BCUT2D eigenvalue weighted by Crippen LogP contribution is -2.17. The summed E-state index contributed by atoms with van der Waals surface area (Å²) in [7, 11) is 0. The zero-order chi connectivity index (χ0) is 26.5. The van der Waals surface area contributed by atoms with Gasteiger partial charge in [0.2, 0.25) is 0 Å². The number of aromatic nitrogens is 1. The fraction of sp³-hybridized carbons (Fsp3) is 0.207. The Morgan fingerprint density at radius 1 is 1.00 bits per heavy atom. The lowest BCUT2D eigenvalue weighted by atomic mass is 9.94. The minimum absolute atomic E-state index is 0.424. The summed E-state index contributed by atoms with van der Waals surface area (Å²) in [5.41, 5.74) is 5.06. The third-order valence-electron chi connectivity index (χ3n) is 6.23. The molecule has 2 atom stereocenters. The van der Waals surface area contributed by atoms with Crippen molar-refractivity contribution < 1.29 is 24.0 Å². The summed E-state index contributed by atoms with van der Waals surface area (Å²) in [6, 6.07) is 22.4. The van der Waals surface area contributed by atoms with E-state index in [0.29, 0.717) is 34.1 Å². The number of amides is 1. The number of hydrogen-bond acceptors (Lipinski definition) is 5. The van der Waals surface area contributed by atoms with Crippen LogP contribution in [0.2, 0.25) is 5.02 Å². The predicted molar refractivity (Wildman–Crippen MR) is 143 cm³/mol. The molecule has 0 aliphatic carbocycles. The Labute approximate surface area is 220 Å². The van der Waals surface area contributed by atoms with Gasteiger partial charge >= 0.3 is 12.1 Å². The predicted octanol–water partition coefficient (Wildman–Crippen LogP) is 7.86. The molecule has 1 heterocycles. The summed E-state index contributed by atoms with van der Waals surface area (Å²) >= 11 is 6.21. The Kier molecular flexibility index (Phi) is 7.94. The summed E-state index contributed by atoms with van der Waals surface area (Å²) < 4.78 is 10.9. The van der Waals surface area contributed by atoms with Crippen LogP contribution < -0.4 is 5.32 Å². The molecule has 0 radical (unpaired) electrons. The van der Waals surface area contributed by atoms with Gasteiger partial charge in [-0.15, -0.1) is 0 Å². The number of carboxylic acids is 1. The van der Waals surface area contributed by atoms with Gasteiger partial charge in [0.25, 0.3) is 0 Å². The van der Waals surface area contributed by atoms with Gasteiger partial charge in [0.1, 0.15) is 17.5 Å². The van der Waals surface area contributed by atoms with Gasteiger partial charge in [-0.1, -0.05) is 90.4 Å². The van der Waals surface area contributed by atoms with Crippen LogP contribution >= 0.6 is 11.6 Å². The maximum absolute atomic E-state index is 12.6. The summed E-state index contributed by atoms with van der Waals surface area (Å²) in [4.78, 5) is 24.1. The van der Waals surface area contributed by atoms with E-state index in [4.69, 9.17) is 20.9 Å². The van der Waals surface area contributed by atoms with Crippen molar-refractivity contribution in [2.75, 3.05) is 5.32 Å². The van der Waals surface area contributed by atoms with E-state index in [1.807, 2.05) is 67.6 Å². The van der Waals surface area contributed by atoms with Crippen LogP contribution in [0.25, 0.3) is 22.4 Å². The number of carbonyl (C=O) groups is 2. The highest BCUT2D eigenvalue weighted by molar-refractivity contribution is 6.31. The molecule has 7 nitrogen and oxygen atoms in total. The molecule has 0 saturated heterocycles. The molecule has 1 unspecified atom stereocenters. The van der Waals surface area contributed by atoms with E-state index in [-0.39, 0.29) is 0 Å². The van der Waals surface area contributed by atoms with E-state index in [1.54, 1.807) is 26.0 Å². The topological polar surface area (TPSA) is 102 Å². The van der Waals surface area contributed by atoms with Crippen LogP contribution in [0, 0.1) is 6.92 Å². The van der Waals surface area contributed by atoms with Gasteiger partial charge in [0.15, 0.2) is 5.76 Å². The van der Waals surface area contributed by atoms with E-state index < -0.39 is 24.1 Å². The molecule has 0 bridgehead atoms. The standard InChI is InChI=1S/C29H27ClN2O5/c1-4-23(28(33)34)21-13-9-19(10-14-21)20-11-15-22(16-12-20)27-26(18(3)37-32-27)31-29(35)36-17(2)24-7-5-6-8-25(24)30/h5-17,23H,4H2,1-3H3,(H,31,35)(H,33,34)/t17-,23?/m1/s1. The Balaban J connectivity index is 1.49. The van der Waals surface area contributed by atoms with Crippen LogP contribution in [0.3, 0.4) is 0 Å². The van der Waals surface area contributed by atoms with Crippen LogP contribution in [-0.4, -0.2) is 22.3 Å². The van der Waals surface area contributed by atoms with Gasteiger partial charge in [-0.25, -0.2) is 4.79 Å². The molecule has 0 spiro atoms. The summed E-state index contributed by atoms with van der Waals surface area (Å²) in [5, 5.41) is 16.8. The largest absolute Gasteiger partial charge is 0.481 e. The third kappa shape index (κ3) is 5.84. The molecule has 1 aromatic heterocycles. The van der Waals surface area contributed by atoms with E-state index in [2.05, 4.69) is 10.5 Å². The molecule has 4 aromatic rings. The van der Waals surface area contributed by atoms with Crippen molar-refractivity contribution in [3.8, 4) is 22.4 Å². The molecule has 37 heavy (non-hydrogen) atoms. The molecule has 8 heteroatoms. The summed E-state index contributed by atoms with van der Waals surface area (Å²) in [5.74, 6) is -0.896. The highest BCUT2D eigenvalue weighted by Gasteiger charge is 2.21. The number of aryl methyl sites for hydroxylation is 1. The van der Waals surface area contributed by atoms with Crippen LogP contribution in [0.1, 0.15) is 49.2 Å². The zero-order valence-electron chi connectivity index (χ0n) is 20.7. The van der Waals surface area contributed by atoms with Gasteiger partial charge in [0.05, 0.1) is 5.92 Å². The van der Waals surface area contributed by atoms with Gasteiger partial charge in [-0.05, 0) is 43.0 Å². The number of halogens is 1. The second-order valence-corrected chi connectivity index (χ2v) is 9.06. The van der Waals surface area contributed by atoms with Crippen molar-refractivity contribution >= 4 is 29.4 Å². The van der Waals surface area contributed by atoms with Crippen molar-refractivity contribution in [3.05, 3.63) is 94.7 Å². The molecule has 0 aliphatic heterocycles. The first-order chi connectivity index (χ1) is 17.8. The van der Waals surface area contributed by atoms with Crippen LogP contribution in [0.15, 0.2) is 77.3 Å². The minimum atomic E-state index is -0.825. The molecule has 2 N–H and O–H groups in total. The van der Waals surface area contributed by atoms with Crippen molar-refractivity contribution in [1.29, 1.82) is 0 Å². The normalized spacial score (nSPS) is 12.5. The Morgan fingerprint density at radius 3 is 2.19 bits per heavy atom. The summed E-state index contributed by atoms with van der Waals surface area (Å²) in [6.07, 6.45) is -0.668. The molecular formula is C29H27ClN2O5. The zero-order valence-corrected chi connectivity index (χ0v) is 21.5. The molecule has 190 valence electrons. The van der Waals surface area contributed by atoms with Crippen molar-refractivity contribution in [1.82, 2.24) is 5.16 Å². The Bertz CT molecular complexity index is 1400. The highest BCUT2D eigenvalue weighted by atomic mass is 35.5. The number of benzene rings is 3. The molecule has 1 amide bonds. The monoisotopic (exact) mass is 518 g/mol. The first-order valence-electron chi connectivity index (χ1n) is 11.9. The van der Waals surface area contributed by atoms with Gasteiger partial charge in [0, 0.05) is 16.1 Å². The van der Waals surface area contributed by atoms with Crippen molar-refractivity contribution in [2.24, 2.45) is 0 Å². The number of carbonyl (C=O) groups excluding carboxylic acids is 1. The van der Waals surface area contributed by atoms with Crippen molar-refractivity contribution in [3.63, 3.8) is 0 Å². The first-order valence-corrected chi connectivity index (χ1v) is 12.3. The Morgan fingerprint density at radius 2 is 1.59 bits per heavy atom. The molecule has 0 aliphatic rings. The second kappa shape index (κ2) is 11.3. The average molecular weight is 519 g/mol. The van der Waals surface area contributed by atoms with Gasteiger partial charge in [-0.2, -0.15) is 0 Å². The van der Waals surface area contributed by atoms with Crippen LogP contribution in [-0.2, 0) is 9.53 Å². The number of rotatable bonds is 8. The number of ether oxygens (including phenoxy) is 1. The van der Waals surface area contributed by atoms with E-state index in [9.17, 15) is 14.7 Å². The van der Waals surface area contributed by atoms with E-state index >= 15 is 0 Å². The quantitative estimate of drug-likeness (QED) is 0.246. The maximum Gasteiger partial charge on any atom is 0.412 e. The number of carboxylic acid groups (broad SMARTS) is 1. The lowest BCUT2D eigenvalue weighted by molar-refractivity contribution is -0.138. The number of anilines is 1. The Hall–Kier alpha value is -4.10. The van der Waals surface area contributed by atoms with Gasteiger partial charge < -0.3 is 14.4 Å². The maximum atomic E-state index is 12.6. The lowest BCUT2D eigenvalue weighted by Gasteiger charge is -2.15.